The van der Waals surface area contributed by atoms with E-state index in [0.29, 0.717) is 6.54 Å². The van der Waals surface area contributed by atoms with Gasteiger partial charge in [-0.2, -0.15) is 0 Å². The minimum absolute atomic E-state index is 0.602. The minimum Gasteiger partial charge on any atom is -0.592 e. The molecule has 0 saturated carbocycles. The number of piperazine rings is 1. The molecule has 3 heterocycles. The molecule has 8 heteroatoms. The van der Waals surface area contributed by atoms with Gasteiger partial charge in [-0.1, -0.05) is 12.1 Å². The van der Waals surface area contributed by atoms with Crippen LogP contribution in [0.5, 0.6) is 10.8 Å². The summed E-state index contributed by atoms with van der Waals surface area (Å²) in [5.74, 6) is 0.803. The first-order valence-electron chi connectivity index (χ1n) is 8.79. The van der Waals surface area contributed by atoms with Crippen LogP contribution in [0, 0.1) is 0 Å². The van der Waals surface area contributed by atoms with Crippen LogP contribution in [0.3, 0.4) is 0 Å². The van der Waals surface area contributed by atoms with E-state index in [-0.39, 0.29) is 0 Å². The van der Waals surface area contributed by atoms with E-state index in [1.165, 1.54) is 21.9 Å². The van der Waals surface area contributed by atoms with Crippen LogP contribution in [-0.4, -0.2) is 30.7 Å². The van der Waals surface area contributed by atoms with Crippen molar-refractivity contribution in [1.82, 2.24) is 10.0 Å². The smallest absolute Gasteiger partial charge is 0.231 e. The molecule has 1 atom stereocenters. The molecule has 142 valence electrons. The second-order valence-corrected chi connectivity index (χ2v) is 9.68. The highest BCUT2D eigenvalue weighted by atomic mass is 32.2. The topological polar surface area (TPSA) is 59.6 Å². The van der Waals surface area contributed by atoms with Gasteiger partial charge in [-0.25, -0.2) is 0 Å². The van der Waals surface area contributed by atoms with Crippen molar-refractivity contribution in [3.8, 4) is 10.8 Å². The first-order chi connectivity index (χ1) is 13.3. The van der Waals surface area contributed by atoms with Gasteiger partial charge in [0.05, 0.1) is 17.9 Å². The summed E-state index contributed by atoms with van der Waals surface area (Å²) in [6.07, 6.45) is 0. The molecular weight excluding hydrogens is 398 g/mol. The van der Waals surface area contributed by atoms with Crippen LogP contribution in [-0.2, 0) is 17.9 Å². The number of anilines is 1. The molecule has 1 aliphatic heterocycles. The van der Waals surface area contributed by atoms with Gasteiger partial charge in [0, 0.05) is 48.9 Å². The largest absolute Gasteiger partial charge is 0.592 e. The van der Waals surface area contributed by atoms with Crippen LogP contribution in [0.2, 0.25) is 0 Å². The van der Waals surface area contributed by atoms with E-state index in [9.17, 15) is 4.55 Å². The fourth-order valence-electron chi connectivity index (χ4n) is 2.86. The second-order valence-electron chi connectivity index (χ2n) is 6.08. The van der Waals surface area contributed by atoms with Crippen LogP contribution >= 0.6 is 22.7 Å². The quantitative estimate of drug-likeness (QED) is 0.570. The summed E-state index contributed by atoms with van der Waals surface area (Å²) in [5, 5.41) is 6.13. The molecular formula is C19H21N3O2S3. The number of nitrogens with zero attached hydrogens (tertiary/aromatic N) is 1. The third-order valence-electron chi connectivity index (χ3n) is 4.22. The zero-order valence-corrected chi connectivity index (χ0v) is 17.2. The molecule has 2 aromatic heterocycles. The van der Waals surface area contributed by atoms with E-state index < -0.39 is 11.4 Å². The van der Waals surface area contributed by atoms with Crippen molar-refractivity contribution in [2.24, 2.45) is 0 Å². The molecule has 0 bridgehead atoms. The van der Waals surface area contributed by atoms with Crippen molar-refractivity contribution in [2.75, 3.05) is 31.1 Å². The first-order valence-corrected chi connectivity index (χ1v) is 11.6. The van der Waals surface area contributed by atoms with Crippen LogP contribution < -0.4 is 19.7 Å². The molecule has 0 radical (unpaired) electrons. The number of nitrogens with one attached hydrogen (secondary N) is 2. The standard InChI is InChI=1S/C19H21N3O2S3/c23-27(21-14-17-5-2-12-25-17)19-7-6-18(26-19)24-16-4-1-3-15(13-16)22-10-8-20-9-11-22/h1-7,12-13,20-21H,8-11,14H2. The Morgan fingerprint density at radius 3 is 2.85 bits per heavy atom. The number of hydrogen-bond acceptors (Lipinski definition) is 7. The van der Waals surface area contributed by atoms with Crippen molar-refractivity contribution < 1.29 is 9.29 Å². The third kappa shape index (κ3) is 5.04. The average molecular weight is 420 g/mol. The van der Waals surface area contributed by atoms with Crippen LogP contribution in [0.15, 0.2) is 58.1 Å². The lowest BCUT2D eigenvalue weighted by molar-refractivity contribution is 0.496. The molecule has 0 aliphatic carbocycles. The Morgan fingerprint density at radius 2 is 2.04 bits per heavy atom. The van der Waals surface area contributed by atoms with Crippen molar-refractivity contribution in [3.05, 3.63) is 58.8 Å². The van der Waals surface area contributed by atoms with Gasteiger partial charge in [-0.15, -0.1) is 16.1 Å². The summed E-state index contributed by atoms with van der Waals surface area (Å²) in [6.45, 7) is 4.61. The Hall–Kier alpha value is -1.55. The Kier molecular flexibility index (Phi) is 6.33. The minimum atomic E-state index is -1.23. The monoisotopic (exact) mass is 419 g/mol. The van der Waals surface area contributed by atoms with E-state index >= 15 is 0 Å². The van der Waals surface area contributed by atoms with E-state index in [0.717, 1.165) is 41.2 Å². The fourth-order valence-corrected chi connectivity index (χ4v) is 5.55. The van der Waals surface area contributed by atoms with Gasteiger partial charge in [0.2, 0.25) is 4.21 Å². The summed E-state index contributed by atoms with van der Waals surface area (Å²) in [7, 11) is 0. The average Bonchev–Trinajstić information content (AvgIpc) is 3.39. The molecule has 1 aliphatic rings. The highest BCUT2D eigenvalue weighted by Gasteiger charge is 2.16. The summed E-state index contributed by atoms with van der Waals surface area (Å²) in [5.41, 5.74) is 1.17. The highest BCUT2D eigenvalue weighted by Crippen LogP contribution is 2.33. The Balaban J connectivity index is 1.37. The third-order valence-corrected chi connectivity index (χ3v) is 7.46. The molecule has 3 aromatic rings. The lowest BCUT2D eigenvalue weighted by Crippen LogP contribution is -2.43. The highest BCUT2D eigenvalue weighted by molar-refractivity contribution is 7.91. The predicted octanol–water partition coefficient (Wildman–Crippen LogP) is 3.82. The zero-order chi connectivity index (χ0) is 18.5. The maximum atomic E-state index is 12.4. The van der Waals surface area contributed by atoms with E-state index in [1.807, 2.05) is 41.8 Å². The number of hydrogen-bond donors (Lipinski definition) is 2. The molecule has 1 saturated heterocycles. The van der Waals surface area contributed by atoms with Gasteiger partial charge in [0.15, 0.2) is 5.06 Å². The lowest BCUT2D eigenvalue weighted by atomic mass is 10.2. The molecule has 1 aromatic carbocycles. The van der Waals surface area contributed by atoms with Gasteiger partial charge in [0.1, 0.15) is 5.75 Å². The van der Waals surface area contributed by atoms with E-state index in [4.69, 9.17) is 4.74 Å². The number of rotatable bonds is 7. The van der Waals surface area contributed by atoms with Crippen LogP contribution in [0.4, 0.5) is 5.69 Å². The number of ether oxygens (including phenoxy) is 1. The maximum absolute atomic E-state index is 12.4. The van der Waals surface area contributed by atoms with Gasteiger partial charge in [-0.3, -0.25) is 0 Å². The molecule has 2 N–H and O–H groups in total. The normalized spacial score (nSPS) is 15.7. The summed E-state index contributed by atoms with van der Waals surface area (Å²) in [6, 6.07) is 15.9. The second kappa shape index (κ2) is 9.09. The molecule has 1 unspecified atom stereocenters. The zero-order valence-electron chi connectivity index (χ0n) is 14.7. The van der Waals surface area contributed by atoms with Crippen molar-refractivity contribution >= 4 is 39.7 Å². The van der Waals surface area contributed by atoms with Crippen LogP contribution in [0.1, 0.15) is 4.88 Å². The van der Waals surface area contributed by atoms with Gasteiger partial charge >= 0.3 is 0 Å². The Morgan fingerprint density at radius 1 is 1.15 bits per heavy atom. The number of benzene rings is 1. The fraction of sp³-hybridized carbons (Fsp3) is 0.263. The van der Waals surface area contributed by atoms with Gasteiger partial charge in [0.25, 0.3) is 0 Å². The SMILES string of the molecule is [O-][S+](NCc1cccs1)c1ccc(Oc2cccc(N3CCNCC3)c2)s1. The van der Waals surface area contributed by atoms with Gasteiger partial charge in [-0.05, 0) is 41.0 Å². The maximum Gasteiger partial charge on any atom is 0.231 e. The van der Waals surface area contributed by atoms with Crippen molar-refractivity contribution in [3.63, 3.8) is 0 Å². The molecule has 1 fully saturated rings. The Labute approximate surface area is 170 Å². The molecule has 5 nitrogen and oxygen atoms in total. The predicted molar refractivity (Wildman–Crippen MR) is 113 cm³/mol. The van der Waals surface area contributed by atoms with Crippen molar-refractivity contribution in [1.29, 1.82) is 0 Å². The van der Waals surface area contributed by atoms with Crippen molar-refractivity contribution in [2.45, 2.75) is 10.8 Å². The summed E-state index contributed by atoms with van der Waals surface area (Å²) in [4.78, 5) is 3.52. The molecule has 0 amide bonds. The van der Waals surface area contributed by atoms with E-state index in [1.54, 1.807) is 11.3 Å². The van der Waals surface area contributed by atoms with Gasteiger partial charge < -0.3 is 19.5 Å². The molecule has 4 rings (SSSR count). The summed E-state index contributed by atoms with van der Waals surface area (Å²) < 4.78 is 22.2. The lowest BCUT2D eigenvalue weighted by Gasteiger charge is -2.29. The first kappa shape index (κ1) is 18.8. The summed E-state index contributed by atoms with van der Waals surface area (Å²) >= 11 is 1.83. The Bertz CT molecular complexity index is 848. The number of thiophene rings is 2. The molecule has 0 spiro atoms. The van der Waals surface area contributed by atoms with E-state index in [2.05, 4.69) is 27.1 Å². The van der Waals surface area contributed by atoms with Crippen LogP contribution in [0.25, 0.3) is 0 Å². The molecule has 27 heavy (non-hydrogen) atoms.